The van der Waals surface area contributed by atoms with Crippen molar-refractivity contribution in [3.63, 3.8) is 0 Å². The minimum atomic E-state index is -0.401. The fourth-order valence-corrected chi connectivity index (χ4v) is 4.83. The number of anilines is 2. The van der Waals surface area contributed by atoms with Crippen LogP contribution in [0.2, 0.25) is 0 Å². The van der Waals surface area contributed by atoms with Gasteiger partial charge >= 0.3 is 0 Å². The molecular formula is C27H27BrN6O3. The lowest BCUT2D eigenvalue weighted by atomic mass is 10.0. The Labute approximate surface area is 222 Å². The molecular weight excluding hydrogens is 536 g/mol. The van der Waals surface area contributed by atoms with E-state index in [9.17, 15) is 9.59 Å². The number of carbonyl (C=O) groups is 2. The van der Waals surface area contributed by atoms with Gasteiger partial charge < -0.3 is 25.3 Å². The number of nitrogens with two attached hydrogens (primary N) is 1. The van der Waals surface area contributed by atoms with E-state index < -0.39 is 5.91 Å². The van der Waals surface area contributed by atoms with E-state index in [1.165, 1.54) is 0 Å². The van der Waals surface area contributed by atoms with Crippen LogP contribution in [0, 0.1) is 0 Å². The van der Waals surface area contributed by atoms with Crippen LogP contribution in [0.25, 0.3) is 11.0 Å². The van der Waals surface area contributed by atoms with Gasteiger partial charge in [0.25, 0.3) is 0 Å². The zero-order valence-corrected chi connectivity index (χ0v) is 21.9. The van der Waals surface area contributed by atoms with E-state index in [1.54, 1.807) is 17.2 Å². The Morgan fingerprint density at radius 3 is 2.68 bits per heavy atom. The van der Waals surface area contributed by atoms with Crippen LogP contribution < -0.4 is 15.8 Å². The van der Waals surface area contributed by atoms with Gasteiger partial charge in [0.15, 0.2) is 0 Å². The molecule has 0 radical (unpaired) electrons. The van der Waals surface area contributed by atoms with Crippen molar-refractivity contribution in [3.05, 3.63) is 71.0 Å². The second kappa shape index (κ2) is 10.6. The van der Waals surface area contributed by atoms with E-state index >= 15 is 0 Å². The molecule has 37 heavy (non-hydrogen) atoms. The number of nitrogens with one attached hydrogen (secondary N) is 1. The highest BCUT2D eigenvalue weighted by Gasteiger charge is 2.30. The Balaban J connectivity index is 1.37. The third-order valence-electron chi connectivity index (χ3n) is 6.43. The third kappa shape index (κ3) is 5.59. The number of likely N-dealkylation sites (tertiary alicyclic amines) is 1. The van der Waals surface area contributed by atoms with Crippen LogP contribution in [0.1, 0.15) is 37.4 Å². The number of halogens is 1. The summed E-state index contributed by atoms with van der Waals surface area (Å²) in [5.74, 6) is 1.60. The Morgan fingerprint density at radius 1 is 1.16 bits per heavy atom. The molecule has 2 aromatic heterocycles. The number of pyridine rings is 1. The molecule has 1 aliphatic heterocycles. The molecule has 1 atom stereocenters. The number of benzene rings is 2. The molecule has 190 valence electrons. The monoisotopic (exact) mass is 562 g/mol. The van der Waals surface area contributed by atoms with E-state index in [0.717, 1.165) is 27.6 Å². The Hall–Kier alpha value is -3.92. The van der Waals surface area contributed by atoms with Gasteiger partial charge in [0.1, 0.15) is 11.5 Å². The first kappa shape index (κ1) is 24.8. The lowest BCUT2D eigenvalue weighted by Gasteiger charge is -2.27. The predicted molar refractivity (Wildman–Crippen MR) is 145 cm³/mol. The van der Waals surface area contributed by atoms with Crippen LogP contribution in [0.4, 0.5) is 11.6 Å². The molecule has 10 heteroatoms. The fraction of sp³-hybridized carbons (Fsp3) is 0.259. The molecule has 1 saturated heterocycles. The summed E-state index contributed by atoms with van der Waals surface area (Å²) < 4.78 is 9.16. The van der Waals surface area contributed by atoms with Crippen molar-refractivity contribution in [1.82, 2.24) is 19.4 Å². The summed E-state index contributed by atoms with van der Waals surface area (Å²) in [4.78, 5) is 34.9. The highest BCUT2D eigenvalue weighted by Crippen LogP contribution is 2.33. The number of imidazole rings is 1. The minimum Gasteiger partial charge on any atom is -0.457 e. The van der Waals surface area contributed by atoms with E-state index in [1.807, 2.05) is 60.1 Å². The number of ether oxygens (including phenoxy) is 1. The number of carbonyl (C=O) groups excluding carboxylic acids is 2. The highest BCUT2D eigenvalue weighted by atomic mass is 79.9. The number of aromatic nitrogens is 3. The SMILES string of the molecule is Cn1c(Nc2ccc(Br)cc2)nc2cc(Oc3ccnc(C(CCC(N)=O)N4CCCC4=O)c3)ccc21. The third-order valence-corrected chi connectivity index (χ3v) is 6.96. The summed E-state index contributed by atoms with van der Waals surface area (Å²) in [5, 5.41) is 3.34. The molecule has 9 nitrogen and oxygen atoms in total. The zero-order valence-electron chi connectivity index (χ0n) is 20.4. The van der Waals surface area contributed by atoms with Gasteiger partial charge in [-0.05, 0) is 55.3 Å². The maximum absolute atomic E-state index is 12.4. The second-order valence-electron chi connectivity index (χ2n) is 9.01. The van der Waals surface area contributed by atoms with Crippen LogP contribution in [-0.4, -0.2) is 37.8 Å². The summed E-state index contributed by atoms with van der Waals surface area (Å²) >= 11 is 3.45. The van der Waals surface area contributed by atoms with Crippen molar-refractivity contribution in [2.24, 2.45) is 12.8 Å². The topological polar surface area (TPSA) is 115 Å². The number of amides is 2. The van der Waals surface area contributed by atoms with Crippen molar-refractivity contribution in [3.8, 4) is 11.5 Å². The second-order valence-corrected chi connectivity index (χ2v) is 9.92. The molecule has 0 bridgehead atoms. The average Bonchev–Trinajstić information content (AvgIpc) is 3.43. The molecule has 3 heterocycles. The Kier molecular flexibility index (Phi) is 7.09. The van der Waals surface area contributed by atoms with E-state index in [-0.39, 0.29) is 18.4 Å². The number of fused-ring (bicyclic) bond motifs is 1. The van der Waals surface area contributed by atoms with Gasteiger partial charge in [-0.3, -0.25) is 14.6 Å². The van der Waals surface area contributed by atoms with Crippen LogP contribution in [0.3, 0.4) is 0 Å². The van der Waals surface area contributed by atoms with Crippen LogP contribution in [0.5, 0.6) is 11.5 Å². The Bertz CT molecular complexity index is 1450. The number of aryl methyl sites for hydroxylation is 1. The first-order valence-electron chi connectivity index (χ1n) is 12.1. The first-order valence-corrected chi connectivity index (χ1v) is 12.9. The minimum absolute atomic E-state index is 0.0655. The molecule has 1 unspecified atom stereocenters. The molecule has 4 aromatic rings. The average molecular weight is 563 g/mol. The van der Waals surface area contributed by atoms with Crippen LogP contribution in [0.15, 0.2) is 65.3 Å². The number of nitrogens with zero attached hydrogens (tertiary/aromatic N) is 4. The van der Waals surface area contributed by atoms with Crippen molar-refractivity contribution < 1.29 is 14.3 Å². The lowest BCUT2D eigenvalue weighted by Crippen LogP contribution is -2.31. The first-order chi connectivity index (χ1) is 17.9. The maximum atomic E-state index is 12.4. The predicted octanol–water partition coefficient (Wildman–Crippen LogP) is 5.20. The van der Waals surface area contributed by atoms with Crippen molar-refractivity contribution in [1.29, 1.82) is 0 Å². The summed E-state index contributed by atoms with van der Waals surface area (Å²) in [6.45, 7) is 0.641. The number of hydrogen-bond acceptors (Lipinski definition) is 6. The van der Waals surface area contributed by atoms with E-state index in [4.69, 9.17) is 15.5 Å². The molecule has 1 fully saturated rings. The molecule has 0 saturated carbocycles. The van der Waals surface area contributed by atoms with Gasteiger partial charge in [0.2, 0.25) is 17.8 Å². The molecule has 0 aliphatic carbocycles. The van der Waals surface area contributed by atoms with Crippen LogP contribution in [-0.2, 0) is 16.6 Å². The molecule has 3 N–H and O–H groups in total. The zero-order chi connectivity index (χ0) is 25.9. The van der Waals surface area contributed by atoms with Gasteiger partial charge in [-0.2, -0.15) is 0 Å². The Morgan fingerprint density at radius 2 is 1.95 bits per heavy atom. The molecule has 2 aromatic carbocycles. The molecule has 5 rings (SSSR count). The van der Waals surface area contributed by atoms with E-state index in [2.05, 4.69) is 26.2 Å². The smallest absolute Gasteiger partial charge is 0.223 e. The van der Waals surface area contributed by atoms with Gasteiger partial charge in [-0.1, -0.05) is 15.9 Å². The standard InChI is InChI=1S/C27H27BrN6O3/c1-33-23-9-8-19(16-22(23)32-27(33)31-18-6-4-17(28)5-7-18)37-20-12-13-30-21(15-20)24(10-11-25(29)35)34-14-2-3-26(34)36/h4-9,12-13,15-16,24H,2-3,10-11,14H2,1H3,(H2,29,35)(H,31,32). The van der Waals surface area contributed by atoms with Gasteiger partial charge in [0.05, 0.1) is 22.8 Å². The van der Waals surface area contributed by atoms with Gasteiger partial charge in [-0.15, -0.1) is 0 Å². The normalized spacial score (nSPS) is 14.2. The summed E-state index contributed by atoms with van der Waals surface area (Å²) in [6.07, 6.45) is 3.55. The highest BCUT2D eigenvalue weighted by molar-refractivity contribution is 9.10. The maximum Gasteiger partial charge on any atom is 0.223 e. The van der Waals surface area contributed by atoms with Gasteiger partial charge in [0, 0.05) is 54.9 Å². The molecule has 0 spiro atoms. The largest absolute Gasteiger partial charge is 0.457 e. The summed E-state index contributed by atoms with van der Waals surface area (Å²) in [5.41, 5.74) is 8.75. The van der Waals surface area contributed by atoms with Crippen molar-refractivity contribution in [2.75, 3.05) is 11.9 Å². The van der Waals surface area contributed by atoms with Gasteiger partial charge in [-0.25, -0.2) is 4.98 Å². The molecule has 1 aliphatic rings. The number of primary amides is 1. The lowest BCUT2D eigenvalue weighted by molar-refractivity contribution is -0.130. The molecule has 2 amide bonds. The van der Waals surface area contributed by atoms with E-state index in [0.29, 0.717) is 42.5 Å². The fourth-order valence-electron chi connectivity index (χ4n) is 4.57. The van der Waals surface area contributed by atoms with Crippen molar-refractivity contribution in [2.45, 2.75) is 31.7 Å². The summed E-state index contributed by atoms with van der Waals surface area (Å²) in [6, 6.07) is 16.9. The van der Waals surface area contributed by atoms with Crippen molar-refractivity contribution >= 4 is 50.4 Å². The summed E-state index contributed by atoms with van der Waals surface area (Å²) in [7, 11) is 1.96. The quantitative estimate of drug-likeness (QED) is 0.290. The van der Waals surface area contributed by atoms with Crippen LogP contribution >= 0.6 is 15.9 Å². The number of hydrogen-bond donors (Lipinski definition) is 2. The number of rotatable bonds is 9.